The van der Waals surface area contributed by atoms with Gasteiger partial charge < -0.3 is 9.05 Å². The van der Waals surface area contributed by atoms with E-state index in [0.29, 0.717) is 35.2 Å². The Balaban J connectivity index is 2.83. The smallest absolute Gasteiger partial charge is 0.415 e. The topological polar surface area (TPSA) is 27.7 Å². The second kappa shape index (κ2) is 12.9. The van der Waals surface area contributed by atoms with Gasteiger partial charge in [0.15, 0.2) is 0 Å². The van der Waals surface area contributed by atoms with Crippen molar-refractivity contribution in [2.45, 2.75) is 132 Å². The summed E-state index contributed by atoms with van der Waals surface area (Å²) in [7, 11) is -2.41. The highest BCUT2D eigenvalue weighted by Crippen LogP contribution is 2.54. The first-order valence-electron chi connectivity index (χ1n) is 15.4. The molecule has 41 heavy (non-hydrogen) atoms. The van der Waals surface area contributed by atoms with Crippen LogP contribution in [0.3, 0.4) is 0 Å². The van der Waals surface area contributed by atoms with E-state index in [1.54, 1.807) is 0 Å². The molecule has 0 aliphatic rings. The lowest BCUT2D eigenvalue weighted by atomic mass is 9.70. The Labute approximate surface area is 252 Å². The Morgan fingerprint density at radius 3 is 0.878 bits per heavy atom. The molecule has 0 saturated heterocycles. The van der Waals surface area contributed by atoms with Crippen molar-refractivity contribution in [3.05, 3.63) is 58.7 Å². The predicted molar refractivity (Wildman–Crippen MR) is 175 cm³/mol. The lowest BCUT2D eigenvalue weighted by Gasteiger charge is -2.38. The molecule has 0 fully saturated rings. The van der Waals surface area contributed by atoms with Crippen LogP contribution in [-0.2, 0) is 26.4 Å². The van der Waals surface area contributed by atoms with E-state index in [1.165, 1.54) is 0 Å². The van der Waals surface area contributed by atoms with Crippen LogP contribution >= 0.6 is 8.60 Å². The molecule has 0 radical (unpaired) electrons. The van der Waals surface area contributed by atoms with Crippen LogP contribution in [0, 0.1) is 23.7 Å². The van der Waals surface area contributed by atoms with Crippen LogP contribution < -0.4 is 9.05 Å². The van der Waals surface area contributed by atoms with Gasteiger partial charge in [-0.05, 0) is 49.9 Å². The van der Waals surface area contributed by atoms with Gasteiger partial charge in [0, 0.05) is 22.3 Å². The van der Waals surface area contributed by atoms with E-state index in [4.69, 9.17) is 9.05 Å². The zero-order valence-electron chi connectivity index (χ0n) is 28.8. The summed E-state index contributed by atoms with van der Waals surface area (Å²) in [6.45, 7) is 35.4. The van der Waals surface area contributed by atoms with Crippen molar-refractivity contribution in [1.82, 2.24) is 0 Å². The average Bonchev–Trinajstić information content (AvgIpc) is 2.87. The molecule has 0 aromatic heterocycles. The van der Waals surface area contributed by atoms with Gasteiger partial charge in [0.05, 0.1) is 0 Å². The molecule has 0 heterocycles. The van der Waals surface area contributed by atoms with E-state index < -0.39 is 8.60 Å². The van der Waals surface area contributed by atoms with Crippen LogP contribution in [0.1, 0.15) is 133 Å². The normalized spacial score (nSPS) is 13.7. The second-order valence-electron chi connectivity index (χ2n) is 15.3. The lowest BCUT2D eigenvalue weighted by Crippen LogP contribution is -2.30. The predicted octanol–water partition coefficient (Wildman–Crippen LogP) is 12.0. The molecule has 0 unspecified atom stereocenters. The molecule has 2 aromatic carbocycles. The molecule has 0 aliphatic heterocycles. The molecule has 0 spiro atoms. The van der Waals surface area contributed by atoms with Crippen LogP contribution in [0.4, 0.5) is 4.53 Å². The number of hydrogen-bond donors (Lipinski definition) is 0. The molecule has 0 saturated carbocycles. The van der Waals surface area contributed by atoms with Gasteiger partial charge in [-0.15, -0.1) is 0 Å². The Bertz CT molecular complexity index is 995. The first-order chi connectivity index (χ1) is 18.6. The van der Waals surface area contributed by atoms with E-state index in [1.807, 2.05) is 0 Å². The molecule has 0 amide bonds. The standard InChI is InChI=1S/C36H58FO3P/c1-23(2)33(9,10)27-19-17-20-28(34(11,12)24(3)4)31(27)38-41(40-37)39-32-29(35(13,14)25(5)6)21-18-22-30(32)36(15,16)26(7)8/h17-26H,1-16H3. The van der Waals surface area contributed by atoms with E-state index in [2.05, 4.69) is 152 Å². The third-order valence-corrected chi connectivity index (χ3v) is 11.7. The molecule has 232 valence electrons. The Kier molecular flexibility index (Phi) is 11.2. The molecule has 2 rings (SSSR count). The fraction of sp³-hybridized carbons (Fsp3) is 0.667. The summed E-state index contributed by atoms with van der Waals surface area (Å²) in [5.74, 6) is 2.63. The minimum Gasteiger partial charge on any atom is -0.415 e. The molecule has 5 heteroatoms. The summed E-state index contributed by atoms with van der Waals surface area (Å²) in [4.78, 5) is 0. The Morgan fingerprint density at radius 2 is 0.707 bits per heavy atom. The zero-order chi connectivity index (χ0) is 31.7. The highest BCUT2D eigenvalue weighted by Gasteiger charge is 2.39. The van der Waals surface area contributed by atoms with Crippen LogP contribution in [0.5, 0.6) is 11.5 Å². The minimum atomic E-state index is -2.41. The van der Waals surface area contributed by atoms with Gasteiger partial charge in [-0.25, -0.2) is 0 Å². The first kappa shape index (κ1) is 35.6. The van der Waals surface area contributed by atoms with Gasteiger partial charge in [0.25, 0.3) is 0 Å². The summed E-state index contributed by atoms with van der Waals surface area (Å²) in [6, 6.07) is 12.6. The highest BCUT2D eigenvalue weighted by molar-refractivity contribution is 7.42. The Hall–Kier alpha value is -1.64. The first-order valence-corrected chi connectivity index (χ1v) is 16.5. The van der Waals surface area contributed by atoms with Crippen LogP contribution in [0.15, 0.2) is 36.4 Å². The monoisotopic (exact) mass is 588 g/mol. The van der Waals surface area contributed by atoms with Crippen LogP contribution in [-0.4, -0.2) is 0 Å². The van der Waals surface area contributed by atoms with Gasteiger partial charge in [-0.2, -0.15) is 0 Å². The molecule has 0 N–H and O–H groups in total. The molecule has 0 aliphatic carbocycles. The summed E-state index contributed by atoms with van der Waals surface area (Å²) in [5, 5.41) is 0. The zero-order valence-corrected chi connectivity index (χ0v) is 29.7. The molecule has 0 bridgehead atoms. The van der Waals surface area contributed by atoms with Gasteiger partial charge in [0.1, 0.15) is 11.5 Å². The van der Waals surface area contributed by atoms with E-state index in [0.717, 1.165) is 22.3 Å². The molecule has 2 aromatic rings. The van der Waals surface area contributed by atoms with Gasteiger partial charge in [-0.1, -0.05) is 152 Å². The largest absolute Gasteiger partial charge is 0.497 e. The number of benzene rings is 2. The number of hydrogen-bond acceptors (Lipinski definition) is 3. The summed E-state index contributed by atoms with van der Waals surface area (Å²) >= 11 is 0. The number of rotatable bonds is 13. The maximum Gasteiger partial charge on any atom is 0.497 e. The van der Waals surface area contributed by atoms with Gasteiger partial charge in [-0.3, -0.25) is 0 Å². The lowest BCUT2D eigenvalue weighted by molar-refractivity contribution is -0.0162. The SMILES string of the molecule is CC(C)C(C)(C)c1cccc(C(C)(C)C(C)C)c1OP(OF)Oc1c(C(C)(C)C(C)C)cccc1C(C)(C)C(C)C. The highest BCUT2D eigenvalue weighted by atomic mass is 31.2. The molecular weight excluding hydrogens is 530 g/mol. The molecule has 3 nitrogen and oxygen atoms in total. The average molecular weight is 589 g/mol. The van der Waals surface area contributed by atoms with Gasteiger partial charge >= 0.3 is 8.60 Å². The van der Waals surface area contributed by atoms with E-state index in [9.17, 15) is 4.53 Å². The quantitative estimate of drug-likeness (QED) is 0.218. The van der Waals surface area contributed by atoms with Crippen molar-refractivity contribution in [2.24, 2.45) is 23.7 Å². The molecular formula is C36H58FO3P. The minimum absolute atomic E-state index is 0.224. The third-order valence-electron chi connectivity index (χ3n) is 11.0. The number of halogens is 1. The van der Waals surface area contributed by atoms with Crippen molar-refractivity contribution in [3.63, 3.8) is 0 Å². The summed E-state index contributed by atoms with van der Waals surface area (Å²) < 4.78 is 32.5. The van der Waals surface area contributed by atoms with Crippen LogP contribution in [0.25, 0.3) is 0 Å². The van der Waals surface area contributed by atoms with Crippen molar-refractivity contribution < 1.29 is 18.3 Å². The van der Waals surface area contributed by atoms with Crippen molar-refractivity contribution in [3.8, 4) is 11.5 Å². The second-order valence-corrected chi connectivity index (χ2v) is 16.3. The summed E-state index contributed by atoms with van der Waals surface area (Å²) in [6.07, 6.45) is 0. The van der Waals surface area contributed by atoms with Crippen molar-refractivity contribution >= 4 is 8.60 Å². The fourth-order valence-corrected chi connectivity index (χ4v) is 5.53. The van der Waals surface area contributed by atoms with Crippen molar-refractivity contribution in [2.75, 3.05) is 0 Å². The van der Waals surface area contributed by atoms with Gasteiger partial charge in [0.2, 0.25) is 0 Å². The number of para-hydroxylation sites is 2. The fourth-order valence-electron chi connectivity index (χ4n) is 4.74. The maximum atomic E-state index is 14.7. The van der Waals surface area contributed by atoms with Crippen LogP contribution in [0.2, 0.25) is 0 Å². The van der Waals surface area contributed by atoms with E-state index in [-0.39, 0.29) is 21.7 Å². The third kappa shape index (κ3) is 7.13. The summed E-state index contributed by atoms with van der Waals surface area (Å²) in [5.41, 5.74) is 3.23. The Morgan fingerprint density at radius 1 is 0.488 bits per heavy atom. The molecule has 0 atom stereocenters. The maximum absolute atomic E-state index is 14.7. The van der Waals surface area contributed by atoms with E-state index >= 15 is 0 Å². The van der Waals surface area contributed by atoms with Crippen molar-refractivity contribution in [1.29, 1.82) is 0 Å².